The molecule has 2 aliphatic carbocycles. The lowest BCUT2D eigenvalue weighted by atomic mass is 9.98. The van der Waals surface area contributed by atoms with Crippen molar-refractivity contribution < 1.29 is 4.74 Å². The zero-order valence-electron chi connectivity index (χ0n) is 17.3. The topological polar surface area (TPSA) is 145 Å². The standard InChI is InChI=1S/C20H34N8O/c1-27(23)18(13-28(24)26-19(21)11-14-7-8-14)20(22)17-10-9-16(12-25-17)29-15-5-3-2-4-6-15/h9-10,12,14-15H,2-8,11,13,22-24H2,1H3,(H2,21,26)/b20-18-. The fourth-order valence-corrected chi connectivity index (χ4v) is 3.53. The van der Waals surface area contributed by atoms with Gasteiger partial charge < -0.3 is 21.2 Å². The van der Waals surface area contributed by atoms with Gasteiger partial charge in [-0.1, -0.05) is 6.42 Å². The van der Waals surface area contributed by atoms with Crippen molar-refractivity contribution in [1.29, 1.82) is 0 Å². The Morgan fingerprint density at radius 1 is 1.14 bits per heavy atom. The second-order valence-electron chi connectivity index (χ2n) is 8.06. The van der Waals surface area contributed by atoms with Crippen LogP contribution in [0.3, 0.4) is 0 Å². The van der Waals surface area contributed by atoms with Crippen molar-refractivity contribution in [2.24, 2.45) is 34.2 Å². The average molecular weight is 403 g/mol. The van der Waals surface area contributed by atoms with Crippen LogP contribution in [0.5, 0.6) is 5.75 Å². The van der Waals surface area contributed by atoms with Crippen molar-refractivity contribution in [3.63, 3.8) is 0 Å². The number of hydrogen-bond acceptors (Lipinski definition) is 8. The van der Waals surface area contributed by atoms with Crippen LogP contribution in [0.2, 0.25) is 0 Å². The smallest absolute Gasteiger partial charge is 0.138 e. The average Bonchev–Trinajstić information content (AvgIpc) is 3.50. The minimum Gasteiger partial charge on any atom is -0.489 e. The van der Waals surface area contributed by atoms with E-state index in [1.807, 2.05) is 12.1 Å². The predicted octanol–water partition coefficient (Wildman–Crippen LogP) is 1.47. The number of nitrogens with two attached hydrogens (primary N) is 4. The minimum atomic E-state index is 0.214. The molecule has 0 unspecified atom stereocenters. The molecule has 0 atom stereocenters. The molecule has 0 aromatic carbocycles. The van der Waals surface area contributed by atoms with Gasteiger partial charge in [0.2, 0.25) is 0 Å². The molecule has 1 heterocycles. The SMILES string of the molecule is CN(N)/C(CN(N)/N=C(\N)CC1CC1)=C(\N)c1ccc(OC2CCCCC2)cn1. The highest BCUT2D eigenvalue weighted by Gasteiger charge is 2.23. The van der Waals surface area contributed by atoms with E-state index in [9.17, 15) is 0 Å². The summed E-state index contributed by atoms with van der Waals surface area (Å²) >= 11 is 0. The number of rotatable bonds is 9. The highest BCUT2D eigenvalue weighted by atomic mass is 16.5. The number of ether oxygens (including phenoxy) is 1. The molecule has 9 heteroatoms. The Morgan fingerprint density at radius 2 is 1.86 bits per heavy atom. The summed E-state index contributed by atoms with van der Waals surface area (Å²) in [6.45, 7) is 0.214. The molecular formula is C20H34N8O. The van der Waals surface area contributed by atoms with Gasteiger partial charge in [0.25, 0.3) is 0 Å². The third kappa shape index (κ3) is 6.50. The molecule has 0 radical (unpaired) electrons. The number of pyridine rings is 1. The van der Waals surface area contributed by atoms with E-state index in [1.165, 1.54) is 42.2 Å². The van der Waals surface area contributed by atoms with E-state index in [0.717, 1.165) is 25.0 Å². The third-order valence-electron chi connectivity index (χ3n) is 5.37. The van der Waals surface area contributed by atoms with Crippen molar-refractivity contribution in [3.8, 4) is 5.75 Å². The van der Waals surface area contributed by atoms with Gasteiger partial charge in [-0.25, -0.2) is 16.8 Å². The maximum Gasteiger partial charge on any atom is 0.138 e. The first-order valence-corrected chi connectivity index (χ1v) is 10.4. The molecule has 1 aromatic rings. The van der Waals surface area contributed by atoms with E-state index in [2.05, 4.69) is 10.1 Å². The van der Waals surface area contributed by atoms with Gasteiger partial charge in [-0.15, -0.1) is 5.10 Å². The molecule has 0 spiro atoms. The monoisotopic (exact) mass is 402 g/mol. The normalized spacial score (nSPS) is 18.9. The van der Waals surface area contributed by atoms with E-state index < -0.39 is 0 Å². The molecule has 8 N–H and O–H groups in total. The molecule has 3 rings (SSSR count). The van der Waals surface area contributed by atoms with Crippen LogP contribution in [0.25, 0.3) is 5.70 Å². The first kappa shape index (κ1) is 21.2. The lowest BCUT2D eigenvalue weighted by molar-refractivity contribution is 0.154. The fourth-order valence-electron chi connectivity index (χ4n) is 3.53. The van der Waals surface area contributed by atoms with E-state index in [0.29, 0.717) is 28.8 Å². The van der Waals surface area contributed by atoms with Gasteiger partial charge in [0.15, 0.2) is 0 Å². The Labute approximate surface area is 172 Å². The predicted molar refractivity (Wildman–Crippen MR) is 115 cm³/mol. The van der Waals surface area contributed by atoms with Gasteiger partial charge in [-0.05, 0) is 56.6 Å². The highest BCUT2D eigenvalue weighted by Crippen LogP contribution is 2.32. The molecule has 160 valence electrons. The Morgan fingerprint density at radius 3 is 2.45 bits per heavy atom. The largest absolute Gasteiger partial charge is 0.489 e. The summed E-state index contributed by atoms with van der Waals surface area (Å²) in [4.78, 5) is 4.45. The third-order valence-corrected chi connectivity index (χ3v) is 5.37. The van der Waals surface area contributed by atoms with Gasteiger partial charge in [0.1, 0.15) is 11.6 Å². The molecule has 0 amide bonds. The number of hydrogen-bond donors (Lipinski definition) is 4. The highest BCUT2D eigenvalue weighted by molar-refractivity contribution is 5.80. The van der Waals surface area contributed by atoms with Crippen LogP contribution in [0.15, 0.2) is 29.1 Å². The number of aromatic nitrogens is 1. The van der Waals surface area contributed by atoms with Crippen LogP contribution in [-0.4, -0.2) is 40.6 Å². The van der Waals surface area contributed by atoms with Crippen LogP contribution in [0.4, 0.5) is 0 Å². The van der Waals surface area contributed by atoms with E-state index in [1.54, 1.807) is 13.2 Å². The summed E-state index contributed by atoms with van der Waals surface area (Å²) in [7, 11) is 1.70. The Balaban J connectivity index is 1.66. The summed E-state index contributed by atoms with van der Waals surface area (Å²) in [6, 6.07) is 3.73. The van der Waals surface area contributed by atoms with Gasteiger partial charge in [0.05, 0.1) is 35.9 Å². The molecule has 0 aliphatic heterocycles. The minimum absolute atomic E-state index is 0.214. The quantitative estimate of drug-likeness (QED) is 0.210. The molecule has 2 aliphatic rings. The molecule has 0 bridgehead atoms. The van der Waals surface area contributed by atoms with Crippen LogP contribution >= 0.6 is 0 Å². The zero-order valence-corrected chi connectivity index (χ0v) is 17.3. The number of hydrazine groups is 2. The summed E-state index contributed by atoms with van der Waals surface area (Å²) in [5.74, 6) is 13.9. The Kier molecular flexibility index (Phi) is 7.16. The number of hydrazone groups is 1. The zero-order chi connectivity index (χ0) is 20.8. The van der Waals surface area contributed by atoms with Crippen LogP contribution in [-0.2, 0) is 0 Å². The van der Waals surface area contributed by atoms with Gasteiger partial charge in [-0.2, -0.15) is 0 Å². The molecular weight excluding hydrogens is 368 g/mol. The summed E-state index contributed by atoms with van der Waals surface area (Å²) in [6.07, 6.45) is 11.1. The van der Waals surface area contributed by atoms with Gasteiger partial charge in [-0.3, -0.25) is 4.98 Å². The number of amidine groups is 1. The van der Waals surface area contributed by atoms with Gasteiger partial charge >= 0.3 is 0 Å². The summed E-state index contributed by atoms with van der Waals surface area (Å²) < 4.78 is 6.03. The van der Waals surface area contributed by atoms with Crippen molar-refractivity contribution in [3.05, 3.63) is 29.7 Å². The maximum absolute atomic E-state index is 6.34. The summed E-state index contributed by atoms with van der Waals surface area (Å²) in [5.41, 5.74) is 13.9. The molecule has 1 aromatic heterocycles. The van der Waals surface area contributed by atoms with E-state index in [-0.39, 0.29) is 12.6 Å². The maximum atomic E-state index is 6.34. The molecule has 29 heavy (non-hydrogen) atoms. The molecule has 2 saturated carbocycles. The van der Waals surface area contributed by atoms with Gasteiger partial charge in [0, 0.05) is 13.5 Å². The second-order valence-corrected chi connectivity index (χ2v) is 8.06. The van der Waals surface area contributed by atoms with Crippen molar-refractivity contribution in [2.45, 2.75) is 57.5 Å². The fraction of sp³-hybridized carbons (Fsp3) is 0.600. The van der Waals surface area contributed by atoms with Crippen LogP contribution in [0, 0.1) is 5.92 Å². The lowest BCUT2D eigenvalue weighted by Gasteiger charge is -2.24. The number of nitrogens with zero attached hydrogens (tertiary/aromatic N) is 4. The van der Waals surface area contributed by atoms with Crippen molar-refractivity contribution in [2.75, 3.05) is 13.6 Å². The van der Waals surface area contributed by atoms with E-state index >= 15 is 0 Å². The Hall–Kier alpha value is -2.52. The van der Waals surface area contributed by atoms with Crippen molar-refractivity contribution in [1.82, 2.24) is 15.1 Å². The molecule has 9 nitrogen and oxygen atoms in total. The van der Waals surface area contributed by atoms with Crippen LogP contribution in [0.1, 0.15) is 57.1 Å². The van der Waals surface area contributed by atoms with Crippen LogP contribution < -0.4 is 27.9 Å². The van der Waals surface area contributed by atoms with Crippen molar-refractivity contribution >= 4 is 11.5 Å². The molecule has 0 saturated heterocycles. The molecule has 2 fully saturated rings. The first-order valence-electron chi connectivity index (χ1n) is 10.4. The van der Waals surface area contributed by atoms with E-state index in [4.69, 9.17) is 27.9 Å². The Bertz CT molecular complexity index is 721. The lowest BCUT2D eigenvalue weighted by Crippen LogP contribution is -2.38. The first-order chi connectivity index (χ1) is 13.9. The summed E-state index contributed by atoms with van der Waals surface area (Å²) in [5, 5.41) is 6.92. The second kappa shape index (κ2) is 9.80. The number of likely N-dealkylation sites (N-methyl/N-ethyl adjacent to an activating group) is 1.